The summed E-state index contributed by atoms with van der Waals surface area (Å²) >= 11 is 0. The molecule has 24 heavy (non-hydrogen) atoms. The Morgan fingerprint density at radius 1 is 1.21 bits per heavy atom. The van der Waals surface area contributed by atoms with Gasteiger partial charge in [-0.3, -0.25) is 25.8 Å². The van der Waals surface area contributed by atoms with Crippen molar-refractivity contribution < 1.29 is 14.5 Å². The SMILES string of the molecule is C=C(NNC(=O)COc1ccccc1C)c1cccc([N+](=O)[O-])c1. The van der Waals surface area contributed by atoms with Crippen LogP contribution < -0.4 is 15.6 Å². The molecule has 0 spiro atoms. The quantitative estimate of drug-likeness (QED) is 0.602. The van der Waals surface area contributed by atoms with Crippen LogP contribution in [0.5, 0.6) is 5.75 Å². The van der Waals surface area contributed by atoms with Gasteiger partial charge >= 0.3 is 0 Å². The highest BCUT2D eigenvalue weighted by Gasteiger charge is 2.09. The maximum Gasteiger partial charge on any atom is 0.276 e. The first-order valence-electron chi connectivity index (χ1n) is 7.14. The molecule has 0 heterocycles. The summed E-state index contributed by atoms with van der Waals surface area (Å²) in [6.07, 6.45) is 0. The number of rotatable bonds is 7. The number of non-ortho nitro benzene ring substituents is 1. The number of nitrogens with zero attached hydrogens (tertiary/aromatic N) is 1. The molecule has 0 saturated carbocycles. The van der Waals surface area contributed by atoms with Crippen molar-refractivity contribution in [1.29, 1.82) is 0 Å². The molecule has 0 atom stereocenters. The minimum Gasteiger partial charge on any atom is -0.483 e. The van der Waals surface area contributed by atoms with Gasteiger partial charge < -0.3 is 4.74 Å². The van der Waals surface area contributed by atoms with Crippen molar-refractivity contribution in [3.63, 3.8) is 0 Å². The smallest absolute Gasteiger partial charge is 0.276 e. The van der Waals surface area contributed by atoms with Crippen LogP contribution in [0.1, 0.15) is 11.1 Å². The van der Waals surface area contributed by atoms with Crippen molar-refractivity contribution in [3.05, 3.63) is 76.4 Å². The first-order chi connectivity index (χ1) is 11.5. The summed E-state index contributed by atoms with van der Waals surface area (Å²) in [4.78, 5) is 22.1. The average molecular weight is 327 g/mol. The molecule has 0 radical (unpaired) electrons. The third-order valence-electron chi connectivity index (χ3n) is 3.21. The number of amides is 1. The van der Waals surface area contributed by atoms with Crippen LogP contribution in [-0.4, -0.2) is 17.4 Å². The molecular weight excluding hydrogens is 310 g/mol. The van der Waals surface area contributed by atoms with Gasteiger partial charge in [-0.15, -0.1) is 0 Å². The maximum atomic E-state index is 11.8. The first-order valence-corrected chi connectivity index (χ1v) is 7.14. The van der Waals surface area contributed by atoms with Crippen LogP contribution in [0.15, 0.2) is 55.1 Å². The second-order valence-corrected chi connectivity index (χ2v) is 5.01. The fraction of sp³-hybridized carbons (Fsp3) is 0.118. The van der Waals surface area contributed by atoms with E-state index in [9.17, 15) is 14.9 Å². The molecule has 0 unspecified atom stereocenters. The van der Waals surface area contributed by atoms with Gasteiger partial charge in [0.1, 0.15) is 5.75 Å². The number of hydrazine groups is 1. The molecule has 1 amide bonds. The standard InChI is InChI=1S/C17H17N3O4/c1-12-6-3-4-9-16(12)24-11-17(21)19-18-13(2)14-7-5-8-15(10-14)20(22)23/h3-10,18H,2,11H2,1H3,(H,19,21). The van der Waals surface area contributed by atoms with Gasteiger partial charge in [0, 0.05) is 17.7 Å². The van der Waals surface area contributed by atoms with Crippen LogP contribution in [0.4, 0.5) is 5.69 Å². The molecule has 0 saturated heterocycles. The predicted octanol–water partition coefficient (Wildman–Crippen LogP) is 2.57. The summed E-state index contributed by atoms with van der Waals surface area (Å²) in [6.45, 7) is 5.46. The second kappa shape index (κ2) is 7.77. The number of para-hydroxylation sites is 1. The number of nitro benzene ring substituents is 1. The van der Waals surface area contributed by atoms with E-state index in [0.29, 0.717) is 17.0 Å². The summed E-state index contributed by atoms with van der Waals surface area (Å²) in [7, 11) is 0. The van der Waals surface area contributed by atoms with Gasteiger partial charge in [-0.1, -0.05) is 36.9 Å². The molecule has 2 rings (SSSR count). The van der Waals surface area contributed by atoms with E-state index in [0.717, 1.165) is 5.56 Å². The highest BCUT2D eigenvalue weighted by atomic mass is 16.6. The molecule has 0 aromatic heterocycles. The number of hydrogen-bond donors (Lipinski definition) is 2. The summed E-state index contributed by atoms with van der Waals surface area (Å²) in [6, 6.07) is 13.3. The lowest BCUT2D eigenvalue weighted by Crippen LogP contribution is -2.39. The fourth-order valence-corrected chi connectivity index (χ4v) is 1.92. The molecule has 2 aromatic rings. The van der Waals surface area contributed by atoms with Crippen LogP contribution in [0.3, 0.4) is 0 Å². The van der Waals surface area contributed by atoms with Crippen LogP contribution >= 0.6 is 0 Å². The first kappa shape index (κ1) is 17.0. The molecule has 0 fully saturated rings. The number of nitrogens with one attached hydrogen (secondary N) is 2. The molecule has 2 N–H and O–H groups in total. The largest absolute Gasteiger partial charge is 0.483 e. The number of hydrogen-bond acceptors (Lipinski definition) is 5. The predicted molar refractivity (Wildman–Crippen MR) is 90.1 cm³/mol. The summed E-state index contributed by atoms with van der Waals surface area (Å²) < 4.78 is 5.42. The normalized spacial score (nSPS) is 9.88. The minimum atomic E-state index is -0.495. The second-order valence-electron chi connectivity index (χ2n) is 5.01. The van der Waals surface area contributed by atoms with E-state index < -0.39 is 10.8 Å². The lowest BCUT2D eigenvalue weighted by Gasteiger charge is -2.12. The van der Waals surface area contributed by atoms with Gasteiger partial charge in [-0.2, -0.15) is 0 Å². The van der Waals surface area contributed by atoms with E-state index in [4.69, 9.17) is 4.74 Å². The molecule has 0 aliphatic rings. The van der Waals surface area contributed by atoms with Crippen LogP contribution in [0.25, 0.3) is 5.70 Å². The van der Waals surface area contributed by atoms with E-state index in [1.165, 1.54) is 12.1 Å². The Morgan fingerprint density at radius 3 is 2.67 bits per heavy atom. The van der Waals surface area contributed by atoms with Crippen LogP contribution in [0, 0.1) is 17.0 Å². The van der Waals surface area contributed by atoms with Crippen molar-refractivity contribution in [2.24, 2.45) is 0 Å². The van der Waals surface area contributed by atoms with Crippen molar-refractivity contribution in [2.45, 2.75) is 6.92 Å². The average Bonchev–Trinajstić information content (AvgIpc) is 2.59. The lowest BCUT2D eigenvalue weighted by atomic mass is 10.1. The Labute approximate surface area is 139 Å². The van der Waals surface area contributed by atoms with Crippen LogP contribution in [0.2, 0.25) is 0 Å². The molecular formula is C17H17N3O4. The van der Waals surface area contributed by atoms with Gasteiger partial charge in [0.2, 0.25) is 0 Å². The Morgan fingerprint density at radius 2 is 1.96 bits per heavy atom. The van der Waals surface area contributed by atoms with Gasteiger partial charge in [0.15, 0.2) is 6.61 Å². The molecule has 0 bridgehead atoms. The number of carbonyl (C=O) groups excluding carboxylic acids is 1. The molecule has 7 nitrogen and oxygen atoms in total. The Hall–Kier alpha value is -3.35. The number of aryl methyl sites for hydroxylation is 1. The van der Waals surface area contributed by atoms with Gasteiger partial charge in [-0.05, 0) is 18.6 Å². The zero-order chi connectivity index (χ0) is 17.5. The molecule has 7 heteroatoms. The third-order valence-corrected chi connectivity index (χ3v) is 3.21. The highest BCUT2D eigenvalue weighted by Crippen LogP contribution is 2.17. The van der Waals surface area contributed by atoms with Gasteiger partial charge in [-0.25, -0.2) is 0 Å². The summed E-state index contributed by atoms with van der Waals surface area (Å²) in [5, 5.41) is 10.8. The van der Waals surface area contributed by atoms with E-state index in [2.05, 4.69) is 17.4 Å². The van der Waals surface area contributed by atoms with Gasteiger partial charge in [0.05, 0.1) is 10.6 Å². The lowest BCUT2D eigenvalue weighted by molar-refractivity contribution is -0.384. The van der Waals surface area contributed by atoms with Crippen LogP contribution in [-0.2, 0) is 4.79 Å². The summed E-state index contributed by atoms with van der Waals surface area (Å²) in [5.41, 5.74) is 6.77. The van der Waals surface area contributed by atoms with E-state index in [-0.39, 0.29) is 12.3 Å². The maximum absolute atomic E-state index is 11.8. The fourth-order valence-electron chi connectivity index (χ4n) is 1.92. The molecule has 0 aliphatic heterocycles. The minimum absolute atomic E-state index is 0.0512. The van der Waals surface area contributed by atoms with Crippen molar-refractivity contribution in [1.82, 2.24) is 10.9 Å². The number of carbonyl (C=O) groups is 1. The van der Waals surface area contributed by atoms with Gasteiger partial charge in [0.25, 0.3) is 11.6 Å². The summed E-state index contributed by atoms with van der Waals surface area (Å²) in [5.74, 6) is 0.231. The van der Waals surface area contributed by atoms with E-state index >= 15 is 0 Å². The number of nitro groups is 1. The topological polar surface area (TPSA) is 93.5 Å². The van der Waals surface area contributed by atoms with Crippen molar-refractivity contribution >= 4 is 17.3 Å². The zero-order valence-electron chi connectivity index (χ0n) is 13.1. The Kier molecular flexibility index (Phi) is 5.51. The van der Waals surface area contributed by atoms with E-state index in [1.54, 1.807) is 18.2 Å². The molecule has 2 aromatic carbocycles. The van der Waals surface area contributed by atoms with E-state index in [1.807, 2.05) is 25.1 Å². The number of ether oxygens (including phenoxy) is 1. The monoisotopic (exact) mass is 327 g/mol. The van der Waals surface area contributed by atoms with Crippen molar-refractivity contribution in [2.75, 3.05) is 6.61 Å². The number of benzene rings is 2. The Balaban J connectivity index is 1.85. The molecule has 0 aliphatic carbocycles. The zero-order valence-corrected chi connectivity index (χ0v) is 13.1. The van der Waals surface area contributed by atoms with Crippen molar-refractivity contribution in [3.8, 4) is 5.75 Å². The Bertz CT molecular complexity index is 774. The molecule has 124 valence electrons. The third kappa shape index (κ3) is 4.57. The highest BCUT2D eigenvalue weighted by molar-refractivity contribution is 5.78.